The van der Waals surface area contributed by atoms with Crippen molar-refractivity contribution in [2.24, 2.45) is 0 Å². The normalized spacial score (nSPS) is 10.5. The first kappa shape index (κ1) is 13.7. The number of methoxy groups -OCH3 is 1. The molecule has 0 aliphatic carbocycles. The Morgan fingerprint density at radius 3 is 2.76 bits per heavy atom. The van der Waals surface area contributed by atoms with E-state index in [1.165, 1.54) is 0 Å². The molecule has 1 heterocycles. The number of hydrogen-bond acceptors (Lipinski definition) is 6. The molecule has 0 spiro atoms. The number of nitrogens with zero attached hydrogens (tertiary/aromatic N) is 3. The molecule has 0 saturated heterocycles. The summed E-state index contributed by atoms with van der Waals surface area (Å²) in [4.78, 5) is 10.4. The number of aromatic nitrogens is 2. The van der Waals surface area contributed by atoms with Crippen LogP contribution in [0.15, 0.2) is 6.07 Å². The number of aryl methyl sites for hydroxylation is 1. The van der Waals surface area contributed by atoms with Crippen molar-refractivity contribution < 1.29 is 9.84 Å². The predicted molar refractivity (Wildman–Crippen MR) is 67.0 cm³/mol. The van der Waals surface area contributed by atoms with Crippen molar-refractivity contribution in [2.45, 2.75) is 13.3 Å². The number of aliphatic hydroxyl groups is 1. The summed E-state index contributed by atoms with van der Waals surface area (Å²) >= 11 is 0. The molecule has 1 aromatic rings. The summed E-state index contributed by atoms with van der Waals surface area (Å²) in [6, 6.07) is 1.71. The second-order valence-corrected chi connectivity index (χ2v) is 3.62. The molecule has 0 atom stereocenters. The Kier molecular flexibility index (Phi) is 5.65. The fraction of sp³-hybridized carbons (Fsp3) is 0.636. The van der Waals surface area contributed by atoms with Gasteiger partial charge in [-0.1, -0.05) is 6.92 Å². The first-order valence-electron chi connectivity index (χ1n) is 5.69. The predicted octanol–water partition coefficient (Wildman–Crippen LogP) is 0.0663. The molecule has 1 aromatic heterocycles. The second-order valence-electron chi connectivity index (χ2n) is 3.62. The Labute approximate surface area is 101 Å². The smallest absolute Gasteiger partial charge is 0.134 e. The maximum Gasteiger partial charge on any atom is 0.134 e. The van der Waals surface area contributed by atoms with Gasteiger partial charge in [-0.05, 0) is 0 Å². The van der Waals surface area contributed by atoms with Gasteiger partial charge in [-0.3, -0.25) is 0 Å². The highest BCUT2D eigenvalue weighted by molar-refractivity contribution is 5.47. The van der Waals surface area contributed by atoms with Crippen molar-refractivity contribution in [3.8, 4) is 0 Å². The summed E-state index contributed by atoms with van der Waals surface area (Å²) in [5.41, 5.74) is 5.73. The van der Waals surface area contributed by atoms with E-state index in [1.54, 1.807) is 13.2 Å². The summed E-state index contributed by atoms with van der Waals surface area (Å²) in [5.74, 6) is 1.90. The van der Waals surface area contributed by atoms with E-state index in [0.717, 1.165) is 12.2 Å². The minimum atomic E-state index is 0.0646. The van der Waals surface area contributed by atoms with Crippen molar-refractivity contribution >= 4 is 11.6 Å². The molecule has 17 heavy (non-hydrogen) atoms. The van der Waals surface area contributed by atoms with Crippen LogP contribution in [-0.2, 0) is 11.2 Å². The summed E-state index contributed by atoms with van der Waals surface area (Å²) in [6.07, 6.45) is 0.731. The quantitative estimate of drug-likeness (QED) is 0.701. The first-order chi connectivity index (χ1) is 8.21. The van der Waals surface area contributed by atoms with Gasteiger partial charge in [0.15, 0.2) is 0 Å². The van der Waals surface area contributed by atoms with Crippen molar-refractivity contribution in [3.05, 3.63) is 11.9 Å². The molecule has 0 unspecified atom stereocenters. The van der Waals surface area contributed by atoms with Crippen LogP contribution in [0, 0.1) is 0 Å². The lowest BCUT2D eigenvalue weighted by molar-refractivity contribution is 0.202. The molecular weight excluding hydrogens is 220 g/mol. The zero-order valence-corrected chi connectivity index (χ0v) is 10.4. The van der Waals surface area contributed by atoms with Gasteiger partial charge in [-0.25, -0.2) is 9.97 Å². The lowest BCUT2D eigenvalue weighted by Gasteiger charge is -2.22. The third kappa shape index (κ3) is 4.16. The molecule has 0 bridgehead atoms. The van der Waals surface area contributed by atoms with E-state index in [1.807, 2.05) is 11.8 Å². The average Bonchev–Trinajstić information content (AvgIpc) is 2.33. The SMILES string of the molecule is CCc1nc(N)cc(N(CCO)CCOC)n1. The number of rotatable bonds is 7. The topological polar surface area (TPSA) is 84.5 Å². The van der Waals surface area contributed by atoms with Crippen molar-refractivity contribution in [1.82, 2.24) is 9.97 Å². The van der Waals surface area contributed by atoms with Gasteiger partial charge >= 0.3 is 0 Å². The van der Waals surface area contributed by atoms with Gasteiger partial charge in [0.25, 0.3) is 0 Å². The van der Waals surface area contributed by atoms with Crippen LogP contribution in [0.3, 0.4) is 0 Å². The second kappa shape index (κ2) is 7.03. The Bertz CT molecular complexity index is 346. The first-order valence-corrected chi connectivity index (χ1v) is 5.69. The van der Waals surface area contributed by atoms with E-state index in [-0.39, 0.29) is 6.61 Å². The maximum absolute atomic E-state index is 9.04. The Hall–Kier alpha value is -1.40. The molecule has 96 valence electrons. The van der Waals surface area contributed by atoms with Gasteiger partial charge < -0.3 is 20.5 Å². The van der Waals surface area contributed by atoms with Crippen LogP contribution in [0.4, 0.5) is 11.6 Å². The third-order valence-electron chi connectivity index (χ3n) is 2.35. The van der Waals surface area contributed by atoms with Gasteiger partial charge in [0.2, 0.25) is 0 Å². The molecule has 0 amide bonds. The maximum atomic E-state index is 9.04. The molecule has 1 rings (SSSR count). The van der Waals surface area contributed by atoms with Crippen molar-refractivity contribution in [3.63, 3.8) is 0 Å². The minimum Gasteiger partial charge on any atom is -0.395 e. The average molecular weight is 240 g/mol. The van der Waals surface area contributed by atoms with Gasteiger partial charge in [-0.2, -0.15) is 0 Å². The summed E-state index contributed by atoms with van der Waals surface area (Å²) in [6.45, 7) is 3.78. The van der Waals surface area contributed by atoms with Crippen LogP contribution >= 0.6 is 0 Å². The zero-order valence-electron chi connectivity index (χ0n) is 10.4. The van der Waals surface area contributed by atoms with Gasteiger partial charge in [0.1, 0.15) is 17.5 Å². The lowest BCUT2D eigenvalue weighted by atomic mass is 10.4. The van der Waals surface area contributed by atoms with Crippen LogP contribution in [0.25, 0.3) is 0 Å². The zero-order chi connectivity index (χ0) is 12.7. The molecule has 0 aliphatic heterocycles. The Morgan fingerprint density at radius 1 is 1.41 bits per heavy atom. The number of nitrogen functional groups attached to an aromatic ring is 1. The molecule has 0 aromatic carbocycles. The monoisotopic (exact) mass is 240 g/mol. The molecule has 0 aliphatic rings. The largest absolute Gasteiger partial charge is 0.395 e. The summed E-state index contributed by atoms with van der Waals surface area (Å²) in [7, 11) is 1.64. The number of hydrogen-bond donors (Lipinski definition) is 2. The third-order valence-corrected chi connectivity index (χ3v) is 2.35. The minimum absolute atomic E-state index is 0.0646. The highest BCUT2D eigenvalue weighted by Gasteiger charge is 2.09. The van der Waals surface area contributed by atoms with Crippen molar-refractivity contribution in [1.29, 1.82) is 0 Å². The van der Waals surface area contributed by atoms with E-state index < -0.39 is 0 Å². The van der Waals surface area contributed by atoms with E-state index >= 15 is 0 Å². The Balaban J connectivity index is 2.87. The molecule has 0 saturated carbocycles. The molecule has 0 radical (unpaired) electrons. The summed E-state index contributed by atoms with van der Waals surface area (Å²) in [5, 5.41) is 9.04. The van der Waals surface area contributed by atoms with E-state index in [2.05, 4.69) is 9.97 Å². The fourth-order valence-electron chi connectivity index (χ4n) is 1.49. The standard InChI is InChI=1S/C11H20N4O2/c1-3-10-13-9(12)8-11(14-10)15(4-6-16)5-7-17-2/h8,16H,3-7H2,1-2H3,(H2,12,13,14). The van der Waals surface area contributed by atoms with Crippen molar-refractivity contribution in [2.75, 3.05) is 44.0 Å². The van der Waals surface area contributed by atoms with Gasteiger partial charge in [-0.15, -0.1) is 0 Å². The molecular formula is C11H20N4O2. The van der Waals surface area contributed by atoms with Crippen LogP contribution in [0.1, 0.15) is 12.7 Å². The highest BCUT2D eigenvalue weighted by Crippen LogP contribution is 2.14. The van der Waals surface area contributed by atoms with Gasteiger partial charge in [0.05, 0.1) is 13.2 Å². The highest BCUT2D eigenvalue weighted by atomic mass is 16.5. The van der Waals surface area contributed by atoms with Crippen LogP contribution in [0.5, 0.6) is 0 Å². The Morgan fingerprint density at radius 2 is 2.18 bits per heavy atom. The van der Waals surface area contributed by atoms with E-state index in [0.29, 0.717) is 31.3 Å². The number of nitrogens with two attached hydrogens (primary N) is 1. The van der Waals surface area contributed by atoms with Crippen LogP contribution in [-0.4, -0.2) is 48.5 Å². The molecule has 6 nitrogen and oxygen atoms in total. The van der Waals surface area contributed by atoms with E-state index in [9.17, 15) is 0 Å². The number of ether oxygens (including phenoxy) is 1. The summed E-state index contributed by atoms with van der Waals surface area (Å²) < 4.78 is 5.03. The molecule has 3 N–H and O–H groups in total. The fourth-order valence-corrected chi connectivity index (χ4v) is 1.49. The molecule has 0 fully saturated rings. The van der Waals surface area contributed by atoms with Crippen LogP contribution in [0.2, 0.25) is 0 Å². The lowest BCUT2D eigenvalue weighted by Crippen LogP contribution is -2.31. The number of anilines is 2. The number of aliphatic hydroxyl groups excluding tert-OH is 1. The van der Waals surface area contributed by atoms with E-state index in [4.69, 9.17) is 15.6 Å². The van der Waals surface area contributed by atoms with Gasteiger partial charge in [0, 0.05) is 32.7 Å². The van der Waals surface area contributed by atoms with Crippen LogP contribution < -0.4 is 10.6 Å². The molecule has 6 heteroatoms.